The number of thiazole rings is 1. The average Bonchev–Trinajstić information content (AvgIpc) is 2.93. The summed E-state index contributed by atoms with van der Waals surface area (Å²) in [5.41, 5.74) is 1.11. The third-order valence-electron chi connectivity index (χ3n) is 4.50. The first-order chi connectivity index (χ1) is 10.6. The zero-order valence-electron chi connectivity index (χ0n) is 13.9. The predicted molar refractivity (Wildman–Crippen MR) is 92.2 cm³/mol. The molecule has 0 spiro atoms. The molecule has 1 aliphatic rings. The quantitative estimate of drug-likeness (QED) is 0.723. The van der Waals surface area contributed by atoms with E-state index in [1.54, 1.807) is 11.3 Å². The minimum atomic E-state index is 0.219. The first kappa shape index (κ1) is 17.4. The third-order valence-corrected chi connectivity index (χ3v) is 5.53. The lowest BCUT2D eigenvalue weighted by atomic mass is 9.84. The van der Waals surface area contributed by atoms with Crippen LogP contribution in [0.2, 0.25) is 0 Å². The number of carbonyl (C=O) groups is 1. The molecule has 1 fully saturated rings. The molecule has 0 bridgehead atoms. The highest BCUT2D eigenvalue weighted by atomic mass is 32.1. The SMILES string of the molecule is Cc1csc(CCCCNC(=O)CC(C)C2CCNCC2)n1. The molecular formula is C17H29N3OS. The maximum absolute atomic E-state index is 12.0. The molecule has 1 amide bonds. The van der Waals surface area contributed by atoms with Crippen molar-refractivity contribution in [1.82, 2.24) is 15.6 Å². The fourth-order valence-electron chi connectivity index (χ4n) is 3.09. The number of nitrogens with zero attached hydrogens (tertiary/aromatic N) is 1. The molecule has 1 aromatic heterocycles. The van der Waals surface area contributed by atoms with Crippen molar-refractivity contribution in [3.63, 3.8) is 0 Å². The molecule has 22 heavy (non-hydrogen) atoms. The van der Waals surface area contributed by atoms with Gasteiger partial charge in [-0.1, -0.05) is 6.92 Å². The number of aromatic nitrogens is 1. The van der Waals surface area contributed by atoms with Gasteiger partial charge in [-0.25, -0.2) is 4.98 Å². The van der Waals surface area contributed by atoms with Crippen LogP contribution in [0.15, 0.2) is 5.38 Å². The van der Waals surface area contributed by atoms with E-state index < -0.39 is 0 Å². The van der Waals surface area contributed by atoms with E-state index >= 15 is 0 Å². The number of nitrogens with one attached hydrogen (secondary N) is 2. The van der Waals surface area contributed by atoms with Gasteiger partial charge in [-0.3, -0.25) is 4.79 Å². The summed E-state index contributed by atoms with van der Waals surface area (Å²) in [6, 6.07) is 0. The lowest BCUT2D eigenvalue weighted by Crippen LogP contribution is -2.33. The molecule has 2 N–H and O–H groups in total. The van der Waals surface area contributed by atoms with Gasteiger partial charge in [0.25, 0.3) is 0 Å². The summed E-state index contributed by atoms with van der Waals surface area (Å²) in [5, 5.41) is 9.76. The van der Waals surface area contributed by atoms with E-state index in [-0.39, 0.29) is 5.91 Å². The van der Waals surface area contributed by atoms with Crippen molar-refractivity contribution in [2.75, 3.05) is 19.6 Å². The maximum Gasteiger partial charge on any atom is 0.220 e. The minimum Gasteiger partial charge on any atom is -0.356 e. The zero-order valence-corrected chi connectivity index (χ0v) is 14.7. The molecule has 0 radical (unpaired) electrons. The van der Waals surface area contributed by atoms with E-state index in [2.05, 4.69) is 27.9 Å². The molecule has 2 rings (SSSR count). The van der Waals surface area contributed by atoms with Crippen molar-refractivity contribution in [1.29, 1.82) is 0 Å². The minimum absolute atomic E-state index is 0.219. The van der Waals surface area contributed by atoms with E-state index in [1.807, 2.05) is 6.92 Å². The maximum atomic E-state index is 12.0. The Morgan fingerprint density at radius 2 is 2.23 bits per heavy atom. The standard InChI is InChI=1S/C17H29N3OS/c1-13(15-6-9-18-10-7-15)11-16(21)19-8-4-3-5-17-20-14(2)12-22-17/h12-13,15,18H,3-11H2,1-2H3,(H,19,21). The molecule has 1 aromatic rings. The Morgan fingerprint density at radius 1 is 1.45 bits per heavy atom. The second-order valence-electron chi connectivity index (χ2n) is 6.46. The van der Waals surface area contributed by atoms with Crippen molar-refractivity contribution < 1.29 is 4.79 Å². The Hall–Kier alpha value is -0.940. The van der Waals surface area contributed by atoms with Crippen molar-refractivity contribution in [3.8, 4) is 0 Å². The van der Waals surface area contributed by atoms with E-state index in [0.29, 0.717) is 18.3 Å². The van der Waals surface area contributed by atoms with Crippen LogP contribution in [0, 0.1) is 18.8 Å². The van der Waals surface area contributed by atoms with Crippen molar-refractivity contribution in [2.45, 2.75) is 52.4 Å². The average molecular weight is 324 g/mol. The molecule has 1 unspecified atom stereocenters. The van der Waals surface area contributed by atoms with Crippen LogP contribution in [-0.2, 0) is 11.2 Å². The molecule has 0 aliphatic carbocycles. The summed E-state index contributed by atoms with van der Waals surface area (Å²) in [4.78, 5) is 16.5. The van der Waals surface area contributed by atoms with Gasteiger partial charge in [-0.05, 0) is 64.0 Å². The first-order valence-corrected chi connectivity index (χ1v) is 9.41. The molecule has 0 aromatic carbocycles. The van der Waals surface area contributed by atoms with E-state index in [0.717, 1.165) is 44.6 Å². The Morgan fingerprint density at radius 3 is 2.91 bits per heavy atom. The third kappa shape index (κ3) is 6.05. The highest BCUT2D eigenvalue weighted by Gasteiger charge is 2.21. The van der Waals surface area contributed by atoms with E-state index in [1.165, 1.54) is 17.8 Å². The number of hydrogen-bond donors (Lipinski definition) is 2. The summed E-state index contributed by atoms with van der Waals surface area (Å²) >= 11 is 1.73. The normalized spacial score (nSPS) is 17.4. The van der Waals surface area contributed by atoms with Crippen LogP contribution in [-0.4, -0.2) is 30.5 Å². The first-order valence-electron chi connectivity index (χ1n) is 8.53. The van der Waals surface area contributed by atoms with E-state index in [9.17, 15) is 4.79 Å². The van der Waals surface area contributed by atoms with Crippen LogP contribution >= 0.6 is 11.3 Å². The Balaban J connectivity index is 1.53. The van der Waals surface area contributed by atoms with Crippen molar-refractivity contribution in [2.24, 2.45) is 11.8 Å². The highest BCUT2D eigenvalue weighted by molar-refractivity contribution is 7.09. The fourth-order valence-corrected chi connectivity index (χ4v) is 3.91. The lowest BCUT2D eigenvalue weighted by molar-refractivity contribution is -0.122. The smallest absolute Gasteiger partial charge is 0.220 e. The summed E-state index contributed by atoms with van der Waals surface area (Å²) in [7, 11) is 0. The number of amides is 1. The summed E-state index contributed by atoms with van der Waals surface area (Å²) in [5.74, 6) is 1.43. The summed E-state index contributed by atoms with van der Waals surface area (Å²) in [6.45, 7) is 7.26. The zero-order chi connectivity index (χ0) is 15.8. The van der Waals surface area contributed by atoms with Gasteiger partial charge in [0.2, 0.25) is 5.91 Å². The number of hydrogen-bond acceptors (Lipinski definition) is 4. The molecule has 1 saturated heterocycles. The topological polar surface area (TPSA) is 54.0 Å². The Labute approximate surface area is 138 Å². The molecule has 0 saturated carbocycles. The summed E-state index contributed by atoms with van der Waals surface area (Å²) < 4.78 is 0. The van der Waals surface area contributed by atoms with Crippen LogP contribution in [0.1, 0.15) is 49.7 Å². The van der Waals surface area contributed by atoms with Gasteiger partial charge < -0.3 is 10.6 Å². The van der Waals surface area contributed by atoms with Crippen LogP contribution in [0.25, 0.3) is 0 Å². The molecule has 5 heteroatoms. The number of piperidine rings is 1. The molecule has 4 nitrogen and oxygen atoms in total. The fraction of sp³-hybridized carbons (Fsp3) is 0.765. The molecule has 124 valence electrons. The molecule has 1 atom stereocenters. The van der Waals surface area contributed by atoms with Crippen molar-refractivity contribution >= 4 is 17.2 Å². The molecular weight excluding hydrogens is 294 g/mol. The number of unbranched alkanes of at least 4 members (excludes halogenated alkanes) is 1. The monoisotopic (exact) mass is 323 g/mol. The number of carbonyl (C=O) groups excluding carboxylic acids is 1. The Bertz CT molecular complexity index is 455. The van der Waals surface area contributed by atoms with Gasteiger partial charge in [-0.2, -0.15) is 0 Å². The highest BCUT2D eigenvalue weighted by Crippen LogP contribution is 2.24. The van der Waals surface area contributed by atoms with Gasteiger partial charge in [0.05, 0.1) is 5.01 Å². The number of aryl methyl sites for hydroxylation is 2. The molecule has 1 aliphatic heterocycles. The predicted octanol–water partition coefficient (Wildman–Crippen LogP) is 2.92. The van der Waals surface area contributed by atoms with Gasteiger partial charge in [0.1, 0.15) is 0 Å². The van der Waals surface area contributed by atoms with Crippen LogP contribution in [0.4, 0.5) is 0 Å². The van der Waals surface area contributed by atoms with Gasteiger partial charge in [0.15, 0.2) is 0 Å². The number of rotatable bonds is 8. The lowest BCUT2D eigenvalue weighted by Gasteiger charge is -2.27. The summed E-state index contributed by atoms with van der Waals surface area (Å²) in [6.07, 6.45) is 6.25. The second-order valence-corrected chi connectivity index (χ2v) is 7.40. The second kappa shape index (κ2) is 9.26. The van der Waals surface area contributed by atoms with Crippen LogP contribution in [0.5, 0.6) is 0 Å². The van der Waals surface area contributed by atoms with Crippen LogP contribution in [0.3, 0.4) is 0 Å². The Kier molecular flexibility index (Phi) is 7.33. The van der Waals surface area contributed by atoms with Gasteiger partial charge in [-0.15, -0.1) is 11.3 Å². The largest absolute Gasteiger partial charge is 0.356 e. The van der Waals surface area contributed by atoms with Crippen LogP contribution < -0.4 is 10.6 Å². The van der Waals surface area contributed by atoms with E-state index in [4.69, 9.17) is 0 Å². The van der Waals surface area contributed by atoms with Gasteiger partial charge in [0, 0.05) is 24.0 Å². The van der Waals surface area contributed by atoms with Crippen molar-refractivity contribution in [3.05, 3.63) is 16.1 Å². The molecule has 2 heterocycles. The van der Waals surface area contributed by atoms with Gasteiger partial charge >= 0.3 is 0 Å².